The van der Waals surface area contributed by atoms with Crippen LogP contribution < -0.4 is 0 Å². The second-order valence-electron chi connectivity index (χ2n) is 6.92. The lowest BCUT2D eigenvalue weighted by atomic mass is 9.90. The normalized spacial score (nSPS) is 17.9. The molecule has 1 unspecified atom stereocenters. The van der Waals surface area contributed by atoms with Gasteiger partial charge < -0.3 is 0 Å². The zero-order valence-corrected chi connectivity index (χ0v) is 15.0. The van der Waals surface area contributed by atoms with E-state index < -0.39 is 0 Å². The van der Waals surface area contributed by atoms with E-state index in [1.807, 2.05) is 0 Å². The molecule has 1 aliphatic heterocycles. The highest BCUT2D eigenvalue weighted by atomic mass is 35.5. The van der Waals surface area contributed by atoms with E-state index in [2.05, 4.69) is 44.0 Å². The molecule has 0 bridgehead atoms. The van der Waals surface area contributed by atoms with Crippen LogP contribution in [0.25, 0.3) is 0 Å². The van der Waals surface area contributed by atoms with Crippen LogP contribution in [0.2, 0.25) is 0 Å². The molecule has 0 aromatic heterocycles. The van der Waals surface area contributed by atoms with Gasteiger partial charge in [0.1, 0.15) is 0 Å². The van der Waals surface area contributed by atoms with E-state index in [9.17, 15) is 0 Å². The van der Waals surface area contributed by atoms with E-state index in [0.717, 1.165) is 26.1 Å². The highest BCUT2D eigenvalue weighted by molar-refractivity contribution is 6.17. The molecular formula is C19H30ClNO. The number of rotatable bonds is 7. The van der Waals surface area contributed by atoms with Crippen LogP contribution >= 0.6 is 11.6 Å². The number of nitrogens with zero attached hydrogens (tertiary/aromatic N) is 1. The second-order valence-corrected chi connectivity index (χ2v) is 7.18. The molecule has 2 nitrogen and oxygen atoms in total. The Morgan fingerprint density at radius 3 is 2.50 bits per heavy atom. The Hall–Kier alpha value is -0.570. The van der Waals surface area contributed by atoms with Crippen LogP contribution in [0, 0.1) is 5.92 Å². The Balaban J connectivity index is 1.91. The lowest BCUT2D eigenvalue weighted by Crippen LogP contribution is -2.31. The average molecular weight is 324 g/mol. The monoisotopic (exact) mass is 323 g/mol. The summed E-state index contributed by atoms with van der Waals surface area (Å²) in [6.07, 6.45) is 4.96. The van der Waals surface area contributed by atoms with Gasteiger partial charge in [-0.2, -0.15) is 5.06 Å². The summed E-state index contributed by atoms with van der Waals surface area (Å²) >= 11 is 5.97. The SMILES string of the molecule is CC(CON1CCCCC1)Cc1ccc(CCl)cc1C(C)C. The van der Waals surface area contributed by atoms with Crippen LogP contribution in [0.5, 0.6) is 0 Å². The smallest absolute Gasteiger partial charge is 0.0713 e. The Morgan fingerprint density at radius 1 is 1.14 bits per heavy atom. The third-order valence-corrected chi connectivity index (χ3v) is 4.72. The summed E-state index contributed by atoms with van der Waals surface area (Å²) in [5.41, 5.74) is 4.09. The van der Waals surface area contributed by atoms with Crippen LogP contribution in [0.1, 0.15) is 62.6 Å². The molecule has 0 N–H and O–H groups in total. The summed E-state index contributed by atoms with van der Waals surface area (Å²) in [7, 11) is 0. The van der Waals surface area contributed by atoms with Crippen molar-refractivity contribution in [1.82, 2.24) is 5.06 Å². The summed E-state index contributed by atoms with van der Waals surface area (Å²) in [6.45, 7) is 9.79. The number of alkyl halides is 1. The van der Waals surface area contributed by atoms with Crippen molar-refractivity contribution in [3.8, 4) is 0 Å². The van der Waals surface area contributed by atoms with E-state index in [4.69, 9.17) is 16.4 Å². The van der Waals surface area contributed by atoms with Crippen LogP contribution in [0.15, 0.2) is 18.2 Å². The number of halogens is 1. The van der Waals surface area contributed by atoms with Gasteiger partial charge in [0, 0.05) is 19.0 Å². The zero-order chi connectivity index (χ0) is 15.9. The largest absolute Gasteiger partial charge is 0.299 e. The molecule has 1 aliphatic rings. The lowest BCUT2D eigenvalue weighted by molar-refractivity contribution is -0.176. The Morgan fingerprint density at radius 2 is 1.86 bits per heavy atom. The summed E-state index contributed by atoms with van der Waals surface area (Å²) in [6, 6.07) is 6.68. The highest BCUT2D eigenvalue weighted by Gasteiger charge is 2.15. The lowest BCUT2D eigenvalue weighted by Gasteiger charge is -2.27. The fraction of sp³-hybridized carbons (Fsp3) is 0.684. The van der Waals surface area contributed by atoms with Crippen molar-refractivity contribution in [2.24, 2.45) is 5.92 Å². The van der Waals surface area contributed by atoms with Gasteiger partial charge in [-0.3, -0.25) is 4.84 Å². The molecule has 1 fully saturated rings. The molecule has 0 amide bonds. The molecule has 0 radical (unpaired) electrons. The van der Waals surface area contributed by atoms with Gasteiger partial charge in [0.15, 0.2) is 0 Å². The van der Waals surface area contributed by atoms with Crippen molar-refractivity contribution in [2.45, 2.75) is 58.3 Å². The first-order valence-electron chi connectivity index (χ1n) is 8.65. The standard InChI is InChI=1S/C19H30ClNO/c1-15(2)19-12-17(13-20)7-8-18(19)11-16(3)14-22-21-9-5-4-6-10-21/h7-8,12,15-16H,4-6,9-11,13-14H2,1-3H3. The number of benzene rings is 1. The summed E-state index contributed by atoms with van der Waals surface area (Å²) in [4.78, 5) is 5.97. The van der Waals surface area contributed by atoms with Gasteiger partial charge in [0.25, 0.3) is 0 Å². The van der Waals surface area contributed by atoms with Gasteiger partial charge in [-0.1, -0.05) is 45.4 Å². The fourth-order valence-corrected chi connectivity index (χ4v) is 3.28. The van der Waals surface area contributed by atoms with Crippen LogP contribution in [-0.4, -0.2) is 24.8 Å². The molecule has 3 heteroatoms. The summed E-state index contributed by atoms with van der Waals surface area (Å²) in [5.74, 6) is 1.66. The molecule has 1 saturated heterocycles. The van der Waals surface area contributed by atoms with Crippen molar-refractivity contribution in [3.05, 3.63) is 34.9 Å². The van der Waals surface area contributed by atoms with Gasteiger partial charge in [-0.25, -0.2) is 0 Å². The first kappa shape index (κ1) is 17.8. The summed E-state index contributed by atoms with van der Waals surface area (Å²) in [5, 5.41) is 2.15. The first-order chi connectivity index (χ1) is 10.6. The van der Waals surface area contributed by atoms with Gasteiger partial charge in [0.05, 0.1) is 6.61 Å². The third-order valence-electron chi connectivity index (χ3n) is 4.41. The van der Waals surface area contributed by atoms with Crippen molar-refractivity contribution in [2.75, 3.05) is 19.7 Å². The van der Waals surface area contributed by atoms with E-state index >= 15 is 0 Å². The van der Waals surface area contributed by atoms with Gasteiger partial charge in [0.2, 0.25) is 0 Å². The maximum Gasteiger partial charge on any atom is 0.0713 e. The maximum absolute atomic E-state index is 5.97. The van der Waals surface area contributed by atoms with Gasteiger partial charge >= 0.3 is 0 Å². The van der Waals surface area contributed by atoms with E-state index in [1.165, 1.54) is 36.0 Å². The number of hydroxylamine groups is 2. The van der Waals surface area contributed by atoms with E-state index in [1.54, 1.807) is 0 Å². The predicted molar refractivity (Wildman–Crippen MR) is 94.3 cm³/mol. The highest BCUT2D eigenvalue weighted by Crippen LogP contribution is 2.24. The van der Waals surface area contributed by atoms with E-state index in [-0.39, 0.29) is 0 Å². The van der Waals surface area contributed by atoms with Crippen molar-refractivity contribution in [3.63, 3.8) is 0 Å². The quantitative estimate of drug-likeness (QED) is 0.644. The van der Waals surface area contributed by atoms with Crippen molar-refractivity contribution < 1.29 is 4.84 Å². The molecule has 1 aromatic carbocycles. The minimum Gasteiger partial charge on any atom is -0.299 e. The van der Waals surface area contributed by atoms with Crippen LogP contribution in [0.4, 0.5) is 0 Å². The van der Waals surface area contributed by atoms with Gasteiger partial charge in [-0.15, -0.1) is 11.6 Å². The molecule has 1 heterocycles. The van der Waals surface area contributed by atoms with E-state index in [0.29, 0.717) is 17.7 Å². The van der Waals surface area contributed by atoms with Crippen molar-refractivity contribution in [1.29, 1.82) is 0 Å². The molecule has 1 atom stereocenters. The Labute approximate surface area is 140 Å². The molecule has 124 valence electrons. The average Bonchev–Trinajstić information content (AvgIpc) is 2.54. The topological polar surface area (TPSA) is 12.5 Å². The van der Waals surface area contributed by atoms with Crippen LogP contribution in [-0.2, 0) is 17.1 Å². The molecule has 0 aliphatic carbocycles. The van der Waals surface area contributed by atoms with Crippen LogP contribution in [0.3, 0.4) is 0 Å². The molecular weight excluding hydrogens is 294 g/mol. The van der Waals surface area contributed by atoms with Crippen molar-refractivity contribution >= 4 is 11.6 Å². The maximum atomic E-state index is 5.97. The number of piperidine rings is 1. The number of hydrogen-bond acceptors (Lipinski definition) is 2. The minimum absolute atomic E-state index is 0.529. The second kappa shape index (κ2) is 8.90. The minimum atomic E-state index is 0.529. The molecule has 0 spiro atoms. The molecule has 0 saturated carbocycles. The van der Waals surface area contributed by atoms with Gasteiger partial charge in [-0.05, 0) is 47.8 Å². The zero-order valence-electron chi connectivity index (χ0n) is 14.3. The first-order valence-corrected chi connectivity index (χ1v) is 9.19. The molecule has 1 aromatic rings. The molecule has 22 heavy (non-hydrogen) atoms. The fourth-order valence-electron chi connectivity index (χ4n) is 3.11. The third kappa shape index (κ3) is 5.26. The molecule has 2 rings (SSSR count). The number of hydrogen-bond donors (Lipinski definition) is 0. The summed E-state index contributed by atoms with van der Waals surface area (Å²) < 4.78 is 0. The predicted octanol–water partition coefficient (Wildman–Crippen LogP) is 5.14. The Kier molecular flexibility index (Phi) is 7.20. The Bertz CT molecular complexity index is 455.